The minimum Gasteiger partial charge on any atom is -0.462 e. The quantitative estimate of drug-likeness (QED) is 0.227. The van der Waals surface area contributed by atoms with Gasteiger partial charge < -0.3 is 14.9 Å². The molecule has 2 aromatic heterocycles. The van der Waals surface area contributed by atoms with Gasteiger partial charge in [-0.25, -0.2) is 4.79 Å². The molecule has 0 aliphatic rings. The van der Waals surface area contributed by atoms with E-state index in [2.05, 4.69) is 15.5 Å². The van der Waals surface area contributed by atoms with Crippen LogP contribution in [-0.4, -0.2) is 44.8 Å². The number of nitrogen functional groups attached to an aromatic ring is 1. The first-order valence-electron chi connectivity index (χ1n) is 11.3. The van der Waals surface area contributed by atoms with E-state index in [4.69, 9.17) is 14.9 Å². The molecule has 0 saturated carbocycles. The molecule has 0 saturated heterocycles. The van der Waals surface area contributed by atoms with Crippen LogP contribution in [0.2, 0.25) is 0 Å². The van der Waals surface area contributed by atoms with Crippen LogP contribution >= 0.6 is 11.8 Å². The number of rotatable bonds is 11. The van der Waals surface area contributed by atoms with Crippen LogP contribution in [0.4, 0.5) is 11.8 Å². The van der Waals surface area contributed by atoms with Gasteiger partial charge in [0.05, 0.1) is 12.2 Å². The molecule has 11 heteroatoms. The van der Waals surface area contributed by atoms with Crippen molar-refractivity contribution >= 4 is 41.3 Å². The van der Waals surface area contributed by atoms with Crippen LogP contribution in [0.15, 0.2) is 39.9 Å². The van der Waals surface area contributed by atoms with Gasteiger partial charge in [0.2, 0.25) is 17.7 Å². The first kappa shape index (κ1) is 26.0. The van der Waals surface area contributed by atoms with E-state index in [1.807, 2.05) is 37.3 Å². The van der Waals surface area contributed by atoms with E-state index in [0.717, 1.165) is 6.42 Å². The number of aromatic nitrogens is 3. The zero-order valence-electron chi connectivity index (χ0n) is 20.2. The van der Waals surface area contributed by atoms with Crippen molar-refractivity contribution in [1.82, 2.24) is 14.8 Å². The molecule has 0 radical (unpaired) electrons. The Morgan fingerprint density at radius 3 is 2.51 bits per heavy atom. The molecule has 3 N–H and O–H groups in total. The molecule has 1 atom stereocenters. The summed E-state index contributed by atoms with van der Waals surface area (Å²) in [5, 5.41) is 11.3. The highest BCUT2D eigenvalue weighted by Crippen LogP contribution is 2.31. The molecule has 0 bridgehead atoms. The van der Waals surface area contributed by atoms with Gasteiger partial charge in [0.1, 0.15) is 17.4 Å². The van der Waals surface area contributed by atoms with Gasteiger partial charge in [-0.1, -0.05) is 49.0 Å². The fourth-order valence-corrected chi connectivity index (χ4v) is 4.70. The second-order valence-electron chi connectivity index (χ2n) is 7.72. The third-order valence-corrected chi connectivity index (χ3v) is 6.25. The number of hydrogen-bond acceptors (Lipinski definition) is 9. The molecule has 3 aromatic rings. The van der Waals surface area contributed by atoms with Crippen LogP contribution in [0.1, 0.15) is 65.3 Å². The molecule has 0 fully saturated rings. The molecule has 0 spiro atoms. The van der Waals surface area contributed by atoms with Gasteiger partial charge in [-0.2, -0.15) is 0 Å². The first-order valence-corrected chi connectivity index (χ1v) is 12.3. The second-order valence-corrected chi connectivity index (χ2v) is 8.78. The van der Waals surface area contributed by atoms with Crippen LogP contribution in [0.3, 0.4) is 0 Å². The minimum atomic E-state index is -0.773. The summed E-state index contributed by atoms with van der Waals surface area (Å²) in [6.07, 6.45) is 1.18. The molecule has 1 aromatic carbocycles. The number of thioether (sulfide) groups is 1. The molecular weight excluding hydrogens is 470 g/mol. The summed E-state index contributed by atoms with van der Waals surface area (Å²) in [6.45, 7) is 6.44. The number of hydrogen-bond donors (Lipinski definition) is 2. The molecule has 1 unspecified atom stereocenters. The second kappa shape index (κ2) is 11.7. The smallest absolute Gasteiger partial charge is 0.344 e. The van der Waals surface area contributed by atoms with E-state index in [0.29, 0.717) is 17.3 Å². The lowest BCUT2D eigenvalue weighted by molar-refractivity contribution is -0.119. The molecule has 186 valence electrons. The van der Waals surface area contributed by atoms with Crippen LogP contribution in [0, 0.1) is 6.92 Å². The number of amides is 1. The summed E-state index contributed by atoms with van der Waals surface area (Å²) in [5.74, 6) is -0.726. The molecule has 0 aliphatic carbocycles. The Hall–Kier alpha value is -3.60. The van der Waals surface area contributed by atoms with Crippen molar-refractivity contribution in [1.29, 1.82) is 0 Å². The maximum atomic E-state index is 13.3. The molecule has 2 heterocycles. The fourth-order valence-electron chi connectivity index (χ4n) is 3.72. The zero-order valence-corrected chi connectivity index (χ0v) is 21.0. The number of benzene rings is 1. The Bertz CT molecular complexity index is 1200. The molecule has 3 rings (SSSR count). The Morgan fingerprint density at radius 1 is 1.17 bits per heavy atom. The number of furan rings is 1. The Kier molecular flexibility index (Phi) is 8.69. The number of aryl methyl sites for hydroxylation is 2. The van der Waals surface area contributed by atoms with Crippen molar-refractivity contribution in [3.8, 4) is 0 Å². The number of esters is 1. The summed E-state index contributed by atoms with van der Waals surface area (Å²) in [6, 6.07) is 9.25. The standard InChI is InChI=1S/C24H29N5O5S/c1-5-17(29-23(25)27-28-24(29)35-13-12-16-10-8-7-9-11-16)20(31)26-21-19(22(32)33-6-2)18(14(3)30)15(4)34-21/h7-11,17H,5-6,12-13H2,1-4H3,(H2,25,27)(H,26,31). The van der Waals surface area contributed by atoms with Crippen molar-refractivity contribution in [3.05, 3.63) is 52.8 Å². The van der Waals surface area contributed by atoms with Gasteiger partial charge in [0.15, 0.2) is 10.9 Å². The molecular formula is C24H29N5O5S. The van der Waals surface area contributed by atoms with E-state index < -0.39 is 17.9 Å². The average Bonchev–Trinajstić information content (AvgIpc) is 3.34. The van der Waals surface area contributed by atoms with Crippen LogP contribution < -0.4 is 11.1 Å². The van der Waals surface area contributed by atoms with Crippen LogP contribution in [-0.2, 0) is 16.0 Å². The Balaban J connectivity index is 1.84. The third-order valence-electron chi connectivity index (χ3n) is 5.31. The lowest BCUT2D eigenvalue weighted by atomic mass is 10.1. The lowest BCUT2D eigenvalue weighted by Gasteiger charge is -2.18. The number of Topliss-reactive ketones (excluding diaryl/α,β-unsaturated/α-hetero) is 1. The van der Waals surface area contributed by atoms with Gasteiger partial charge in [0, 0.05) is 5.75 Å². The summed E-state index contributed by atoms with van der Waals surface area (Å²) in [4.78, 5) is 38.0. The Labute approximate surface area is 207 Å². The number of ether oxygens (including phenoxy) is 1. The fraction of sp³-hybridized carbons (Fsp3) is 0.375. The molecule has 35 heavy (non-hydrogen) atoms. The number of carbonyl (C=O) groups is 3. The van der Waals surface area contributed by atoms with Crippen LogP contribution in [0.25, 0.3) is 0 Å². The predicted molar refractivity (Wildman–Crippen MR) is 133 cm³/mol. The summed E-state index contributed by atoms with van der Waals surface area (Å²) in [7, 11) is 0. The third kappa shape index (κ3) is 5.91. The number of carbonyl (C=O) groups excluding carboxylic acids is 3. The topological polar surface area (TPSA) is 142 Å². The summed E-state index contributed by atoms with van der Waals surface area (Å²) >= 11 is 1.44. The number of anilines is 2. The highest BCUT2D eigenvalue weighted by Gasteiger charge is 2.31. The van der Waals surface area contributed by atoms with E-state index >= 15 is 0 Å². The molecule has 10 nitrogen and oxygen atoms in total. The van der Waals surface area contributed by atoms with Crippen molar-refractivity contribution in [3.63, 3.8) is 0 Å². The van der Waals surface area contributed by atoms with E-state index in [-0.39, 0.29) is 41.1 Å². The largest absolute Gasteiger partial charge is 0.462 e. The number of nitrogens with two attached hydrogens (primary N) is 1. The summed E-state index contributed by atoms with van der Waals surface area (Å²) in [5.41, 5.74) is 7.23. The zero-order chi connectivity index (χ0) is 25.5. The molecule has 0 aliphatic heterocycles. The van der Waals surface area contributed by atoms with E-state index in [9.17, 15) is 14.4 Å². The van der Waals surface area contributed by atoms with Gasteiger partial charge in [0.25, 0.3) is 0 Å². The first-order chi connectivity index (χ1) is 16.8. The predicted octanol–water partition coefficient (Wildman–Crippen LogP) is 4.07. The SMILES string of the molecule is CCOC(=O)c1c(NC(=O)C(CC)n2c(N)nnc2SCCc2ccccc2)oc(C)c1C(C)=O. The maximum Gasteiger partial charge on any atom is 0.344 e. The van der Waals surface area contributed by atoms with Gasteiger partial charge in [-0.3, -0.25) is 19.5 Å². The summed E-state index contributed by atoms with van der Waals surface area (Å²) < 4.78 is 12.2. The van der Waals surface area contributed by atoms with Crippen molar-refractivity contribution < 1.29 is 23.5 Å². The van der Waals surface area contributed by atoms with Crippen molar-refractivity contribution in [2.24, 2.45) is 0 Å². The van der Waals surface area contributed by atoms with Gasteiger partial charge in [-0.05, 0) is 39.2 Å². The highest BCUT2D eigenvalue weighted by molar-refractivity contribution is 7.99. The van der Waals surface area contributed by atoms with E-state index in [1.165, 1.54) is 24.2 Å². The van der Waals surface area contributed by atoms with Crippen molar-refractivity contribution in [2.45, 2.75) is 51.7 Å². The highest BCUT2D eigenvalue weighted by atomic mass is 32.2. The number of nitrogens with one attached hydrogen (secondary N) is 1. The monoisotopic (exact) mass is 499 g/mol. The number of ketones is 1. The Morgan fingerprint density at radius 2 is 1.89 bits per heavy atom. The maximum absolute atomic E-state index is 13.3. The minimum absolute atomic E-state index is 0.0766. The number of nitrogens with zero attached hydrogens (tertiary/aromatic N) is 3. The molecule has 1 amide bonds. The lowest BCUT2D eigenvalue weighted by Crippen LogP contribution is -2.28. The van der Waals surface area contributed by atoms with Crippen molar-refractivity contribution in [2.75, 3.05) is 23.4 Å². The van der Waals surface area contributed by atoms with Crippen LogP contribution in [0.5, 0.6) is 0 Å². The van der Waals surface area contributed by atoms with E-state index in [1.54, 1.807) is 18.4 Å². The van der Waals surface area contributed by atoms with Gasteiger partial charge >= 0.3 is 5.97 Å². The average molecular weight is 500 g/mol. The van der Waals surface area contributed by atoms with Gasteiger partial charge in [-0.15, -0.1) is 10.2 Å². The normalized spacial score (nSPS) is 11.8.